The van der Waals surface area contributed by atoms with Gasteiger partial charge in [0, 0.05) is 19.5 Å². The number of nitrogens with zero attached hydrogens (tertiary/aromatic N) is 1. The fourth-order valence-electron chi connectivity index (χ4n) is 1.56. The molecule has 0 radical (unpaired) electrons. The molecule has 0 aliphatic carbocycles. The van der Waals surface area contributed by atoms with Gasteiger partial charge in [0.1, 0.15) is 0 Å². The second-order valence-corrected chi connectivity index (χ2v) is 3.47. The van der Waals surface area contributed by atoms with Gasteiger partial charge in [-0.1, -0.05) is 6.42 Å². The summed E-state index contributed by atoms with van der Waals surface area (Å²) in [4.78, 5) is 2.47. The fraction of sp³-hybridized carbons (Fsp3) is 0.818. The topological polar surface area (TPSA) is 12.5 Å². The van der Waals surface area contributed by atoms with E-state index in [9.17, 15) is 0 Å². The van der Waals surface area contributed by atoms with E-state index in [-0.39, 0.29) is 0 Å². The molecule has 0 atom stereocenters. The van der Waals surface area contributed by atoms with E-state index in [1.165, 1.54) is 25.8 Å². The quantitative estimate of drug-likeness (QED) is 0.471. The number of unbranched alkanes of at least 4 members (excludes halogenated alkanes) is 3. The number of morpholine rings is 1. The third kappa shape index (κ3) is 4.92. The number of ether oxygens (including phenoxy) is 1. The minimum absolute atomic E-state index is 0.907. The van der Waals surface area contributed by atoms with Crippen LogP contribution in [0.2, 0.25) is 0 Å². The Kier molecular flexibility index (Phi) is 5.64. The van der Waals surface area contributed by atoms with Crippen LogP contribution in [0.1, 0.15) is 25.7 Å². The lowest BCUT2D eigenvalue weighted by Crippen LogP contribution is -2.36. The third-order valence-electron chi connectivity index (χ3n) is 2.40. The molecule has 13 heavy (non-hydrogen) atoms. The molecule has 2 heteroatoms. The maximum atomic E-state index is 5.28. The summed E-state index contributed by atoms with van der Waals surface area (Å²) in [5, 5.41) is 0. The van der Waals surface area contributed by atoms with Crippen LogP contribution in [-0.4, -0.2) is 37.7 Å². The Morgan fingerprint density at radius 2 is 1.92 bits per heavy atom. The molecule has 0 spiro atoms. The minimum Gasteiger partial charge on any atom is -0.379 e. The standard InChI is InChI=1S/C11H19NO/c1-2-3-4-5-6-7-12-8-10-13-11-9-12/h1H,3-11H2. The summed E-state index contributed by atoms with van der Waals surface area (Å²) < 4.78 is 5.28. The van der Waals surface area contributed by atoms with Crippen LogP contribution in [0.3, 0.4) is 0 Å². The van der Waals surface area contributed by atoms with Crippen LogP contribution in [0.15, 0.2) is 0 Å². The average Bonchev–Trinajstić information content (AvgIpc) is 2.19. The summed E-state index contributed by atoms with van der Waals surface area (Å²) in [7, 11) is 0. The van der Waals surface area contributed by atoms with Crippen LogP contribution >= 0.6 is 0 Å². The van der Waals surface area contributed by atoms with E-state index >= 15 is 0 Å². The predicted molar refractivity (Wildman–Crippen MR) is 54.6 cm³/mol. The van der Waals surface area contributed by atoms with Gasteiger partial charge >= 0.3 is 0 Å². The van der Waals surface area contributed by atoms with E-state index in [1.807, 2.05) is 0 Å². The minimum atomic E-state index is 0.907. The summed E-state index contributed by atoms with van der Waals surface area (Å²) in [6, 6.07) is 0. The Morgan fingerprint density at radius 1 is 1.15 bits per heavy atom. The Labute approximate surface area is 81.3 Å². The molecule has 0 saturated carbocycles. The van der Waals surface area contributed by atoms with Crippen LogP contribution < -0.4 is 0 Å². The summed E-state index contributed by atoms with van der Waals surface area (Å²) in [6.07, 6.45) is 9.84. The molecule has 1 saturated heterocycles. The molecule has 0 amide bonds. The van der Waals surface area contributed by atoms with Gasteiger partial charge in [0.05, 0.1) is 13.2 Å². The van der Waals surface area contributed by atoms with Gasteiger partial charge in [-0.3, -0.25) is 4.90 Å². The van der Waals surface area contributed by atoms with E-state index in [0.717, 1.165) is 32.7 Å². The van der Waals surface area contributed by atoms with Crippen molar-refractivity contribution in [1.82, 2.24) is 4.90 Å². The maximum absolute atomic E-state index is 5.28. The van der Waals surface area contributed by atoms with Crippen LogP contribution in [0.4, 0.5) is 0 Å². The van der Waals surface area contributed by atoms with Crippen molar-refractivity contribution in [3.63, 3.8) is 0 Å². The van der Waals surface area contributed by atoms with Crippen molar-refractivity contribution in [2.45, 2.75) is 25.7 Å². The highest BCUT2D eigenvalue weighted by Crippen LogP contribution is 2.03. The van der Waals surface area contributed by atoms with Crippen molar-refractivity contribution in [3.8, 4) is 12.3 Å². The molecule has 1 aliphatic heterocycles. The molecule has 74 valence electrons. The van der Waals surface area contributed by atoms with Crippen molar-refractivity contribution in [2.24, 2.45) is 0 Å². The first-order valence-corrected chi connectivity index (χ1v) is 5.17. The molecule has 1 fully saturated rings. The highest BCUT2D eigenvalue weighted by molar-refractivity contribution is 4.82. The lowest BCUT2D eigenvalue weighted by atomic mass is 10.2. The Morgan fingerprint density at radius 3 is 2.62 bits per heavy atom. The van der Waals surface area contributed by atoms with E-state index in [2.05, 4.69) is 10.8 Å². The van der Waals surface area contributed by atoms with E-state index < -0.39 is 0 Å². The zero-order chi connectivity index (χ0) is 9.36. The lowest BCUT2D eigenvalue weighted by Gasteiger charge is -2.26. The van der Waals surface area contributed by atoms with Gasteiger partial charge in [-0.25, -0.2) is 0 Å². The molecule has 1 rings (SSSR count). The molecule has 2 nitrogen and oxygen atoms in total. The largest absolute Gasteiger partial charge is 0.379 e. The van der Waals surface area contributed by atoms with Crippen LogP contribution in [0.25, 0.3) is 0 Å². The average molecular weight is 181 g/mol. The molecule has 1 aliphatic rings. The molecule has 0 bridgehead atoms. The van der Waals surface area contributed by atoms with Gasteiger partial charge in [0.15, 0.2) is 0 Å². The zero-order valence-corrected chi connectivity index (χ0v) is 8.30. The van der Waals surface area contributed by atoms with Gasteiger partial charge in [-0.15, -0.1) is 12.3 Å². The van der Waals surface area contributed by atoms with Gasteiger partial charge < -0.3 is 4.74 Å². The second kappa shape index (κ2) is 6.94. The number of terminal acetylenes is 1. The first kappa shape index (κ1) is 10.6. The highest BCUT2D eigenvalue weighted by Gasteiger charge is 2.08. The molecule has 0 aromatic carbocycles. The molecule has 0 N–H and O–H groups in total. The molecule has 0 aromatic rings. The first-order valence-electron chi connectivity index (χ1n) is 5.17. The monoisotopic (exact) mass is 181 g/mol. The van der Waals surface area contributed by atoms with Crippen molar-refractivity contribution < 1.29 is 4.74 Å². The number of rotatable bonds is 5. The van der Waals surface area contributed by atoms with E-state index in [0.29, 0.717) is 0 Å². The van der Waals surface area contributed by atoms with Gasteiger partial charge in [-0.2, -0.15) is 0 Å². The lowest BCUT2D eigenvalue weighted by molar-refractivity contribution is 0.0371. The van der Waals surface area contributed by atoms with Gasteiger partial charge in [-0.05, 0) is 19.4 Å². The van der Waals surface area contributed by atoms with Gasteiger partial charge in [0.2, 0.25) is 0 Å². The number of hydrogen-bond donors (Lipinski definition) is 0. The SMILES string of the molecule is C#CCCCCCN1CCOCC1. The summed E-state index contributed by atoms with van der Waals surface area (Å²) in [6.45, 7) is 5.24. The van der Waals surface area contributed by atoms with Crippen LogP contribution in [-0.2, 0) is 4.74 Å². The van der Waals surface area contributed by atoms with Crippen LogP contribution in [0.5, 0.6) is 0 Å². The molecule has 0 aromatic heterocycles. The normalized spacial score (nSPS) is 18.4. The van der Waals surface area contributed by atoms with Gasteiger partial charge in [0.25, 0.3) is 0 Å². The summed E-state index contributed by atoms with van der Waals surface area (Å²) in [5.41, 5.74) is 0. The zero-order valence-electron chi connectivity index (χ0n) is 8.30. The predicted octanol–water partition coefficient (Wildman–Crippen LogP) is 1.51. The first-order chi connectivity index (χ1) is 6.43. The third-order valence-corrected chi connectivity index (χ3v) is 2.40. The highest BCUT2D eigenvalue weighted by atomic mass is 16.5. The van der Waals surface area contributed by atoms with Crippen molar-refractivity contribution in [3.05, 3.63) is 0 Å². The van der Waals surface area contributed by atoms with Crippen molar-refractivity contribution >= 4 is 0 Å². The Balaban J connectivity index is 1.90. The van der Waals surface area contributed by atoms with Crippen molar-refractivity contribution in [1.29, 1.82) is 0 Å². The number of hydrogen-bond acceptors (Lipinski definition) is 2. The molecule has 1 heterocycles. The van der Waals surface area contributed by atoms with Crippen molar-refractivity contribution in [2.75, 3.05) is 32.8 Å². The summed E-state index contributed by atoms with van der Waals surface area (Å²) >= 11 is 0. The maximum Gasteiger partial charge on any atom is 0.0594 e. The second-order valence-electron chi connectivity index (χ2n) is 3.47. The Hall–Kier alpha value is -0.520. The smallest absolute Gasteiger partial charge is 0.0594 e. The Bertz CT molecular complexity index is 156. The van der Waals surface area contributed by atoms with E-state index in [1.54, 1.807) is 0 Å². The molecular weight excluding hydrogens is 162 g/mol. The molecule has 0 unspecified atom stereocenters. The molecular formula is C11H19NO. The fourth-order valence-corrected chi connectivity index (χ4v) is 1.56. The summed E-state index contributed by atoms with van der Waals surface area (Å²) in [5.74, 6) is 2.67. The van der Waals surface area contributed by atoms with E-state index in [4.69, 9.17) is 11.2 Å². The van der Waals surface area contributed by atoms with Crippen LogP contribution in [0, 0.1) is 12.3 Å².